The van der Waals surface area contributed by atoms with Gasteiger partial charge in [-0.05, 0) is 29.7 Å². The summed E-state index contributed by atoms with van der Waals surface area (Å²) in [6.45, 7) is 0. The third-order valence-electron chi connectivity index (χ3n) is 3.08. The Balaban J connectivity index is 2.11. The van der Waals surface area contributed by atoms with E-state index in [0.717, 1.165) is 22.1 Å². The predicted octanol–water partition coefficient (Wildman–Crippen LogP) is 4.10. The molecule has 0 saturated carbocycles. The van der Waals surface area contributed by atoms with Crippen LogP contribution in [-0.2, 0) is 11.4 Å². The highest BCUT2D eigenvalue weighted by molar-refractivity contribution is 7.74. The summed E-state index contributed by atoms with van der Waals surface area (Å²) in [5.41, 5.74) is 1.75. The van der Waals surface area contributed by atoms with Crippen LogP contribution in [0.5, 0.6) is 5.75 Å². The summed E-state index contributed by atoms with van der Waals surface area (Å²) < 4.78 is 24.9. The first kappa shape index (κ1) is 13.6. The topological polar surface area (TPSA) is 58.6 Å². The molecule has 0 radical (unpaired) electrons. The van der Waals surface area contributed by atoms with Crippen LogP contribution in [0.1, 0.15) is 0 Å². The fourth-order valence-corrected chi connectivity index (χ4v) is 2.53. The molecule has 3 aromatic rings. The monoisotopic (exact) mass is 299 g/mol. The van der Waals surface area contributed by atoms with Crippen molar-refractivity contribution in [3.63, 3.8) is 0 Å². The van der Waals surface area contributed by atoms with Gasteiger partial charge in [0, 0.05) is 11.1 Å². The van der Waals surface area contributed by atoms with E-state index in [4.69, 9.17) is 8.74 Å². The maximum absolute atomic E-state index is 11.0. The normalized spacial score (nSPS) is 12.0. The molecule has 106 valence electrons. The van der Waals surface area contributed by atoms with E-state index in [9.17, 15) is 4.21 Å². The summed E-state index contributed by atoms with van der Waals surface area (Å²) in [5, 5.41) is 5.00. The molecule has 0 amide bonds. The molecule has 5 heteroatoms. The molecule has 3 rings (SSSR count). The van der Waals surface area contributed by atoms with Gasteiger partial charge in [0.05, 0.1) is 5.69 Å². The number of anilines is 2. The van der Waals surface area contributed by atoms with Gasteiger partial charge < -0.3 is 9.50 Å². The second-order valence-corrected chi connectivity index (χ2v) is 5.05. The van der Waals surface area contributed by atoms with E-state index in [-0.39, 0.29) is 0 Å². The number of benzene rings is 3. The van der Waals surface area contributed by atoms with Gasteiger partial charge in [0.2, 0.25) is 0 Å². The zero-order valence-corrected chi connectivity index (χ0v) is 11.8. The van der Waals surface area contributed by atoms with Gasteiger partial charge in [-0.1, -0.05) is 42.5 Å². The Kier molecular flexibility index (Phi) is 3.85. The second kappa shape index (κ2) is 5.95. The van der Waals surface area contributed by atoms with Crippen LogP contribution in [0.2, 0.25) is 0 Å². The number of rotatable bonds is 4. The van der Waals surface area contributed by atoms with Gasteiger partial charge in [-0.25, -0.2) is 0 Å². The fraction of sp³-hybridized carbons (Fsp3) is 0. The first-order chi connectivity index (χ1) is 10.2. The minimum Gasteiger partial charge on any atom is -0.379 e. The molecule has 1 atom stereocenters. The summed E-state index contributed by atoms with van der Waals surface area (Å²) in [4.78, 5) is 0. The van der Waals surface area contributed by atoms with Crippen LogP contribution in [0.15, 0.2) is 66.7 Å². The summed E-state index contributed by atoms with van der Waals surface area (Å²) in [7, 11) is 0. The van der Waals surface area contributed by atoms with Gasteiger partial charge in [-0.15, -0.1) is 0 Å². The number of fused-ring (bicyclic) bond motifs is 1. The molecule has 1 unspecified atom stereocenters. The smallest absolute Gasteiger partial charge is 0.357 e. The Labute approximate surface area is 124 Å². The van der Waals surface area contributed by atoms with E-state index in [1.54, 1.807) is 12.1 Å². The molecule has 0 aromatic heterocycles. The Morgan fingerprint density at radius 3 is 2.33 bits per heavy atom. The van der Waals surface area contributed by atoms with E-state index in [0.29, 0.717) is 5.75 Å². The van der Waals surface area contributed by atoms with Crippen LogP contribution in [0, 0.1) is 0 Å². The standard InChI is InChI=1S/C16H13NO3S/c18-21(19)20-15-11-5-7-12-6-4-10-14(16(12)15)17-13-8-2-1-3-9-13/h1-11,17H,(H,18,19). The van der Waals surface area contributed by atoms with Crippen LogP contribution in [-0.4, -0.2) is 8.76 Å². The van der Waals surface area contributed by atoms with Crippen molar-refractivity contribution >= 4 is 33.5 Å². The molecule has 4 nitrogen and oxygen atoms in total. The molecule has 21 heavy (non-hydrogen) atoms. The molecule has 0 heterocycles. The van der Waals surface area contributed by atoms with Crippen LogP contribution in [0.25, 0.3) is 10.8 Å². The van der Waals surface area contributed by atoms with Gasteiger partial charge in [0.15, 0.2) is 5.75 Å². The Hall–Kier alpha value is -2.37. The lowest BCUT2D eigenvalue weighted by Gasteiger charge is -2.12. The number of para-hydroxylation sites is 1. The quantitative estimate of drug-likeness (QED) is 0.712. The summed E-state index contributed by atoms with van der Waals surface area (Å²) in [6.07, 6.45) is 0. The van der Waals surface area contributed by atoms with E-state index < -0.39 is 11.4 Å². The highest BCUT2D eigenvalue weighted by Crippen LogP contribution is 2.34. The van der Waals surface area contributed by atoms with Crippen LogP contribution in [0.4, 0.5) is 11.4 Å². The molecule has 0 saturated heterocycles. The lowest BCUT2D eigenvalue weighted by molar-refractivity contribution is 0.460. The second-order valence-electron chi connectivity index (χ2n) is 4.45. The van der Waals surface area contributed by atoms with Gasteiger partial charge in [-0.3, -0.25) is 4.55 Å². The highest BCUT2D eigenvalue weighted by Gasteiger charge is 2.09. The molecule has 0 fully saturated rings. The van der Waals surface area contributed by atoms with E-state index in [2.05, 4.69) is 5.32 Å². The van der Waals surface area contributed by atoms with E-state index in [1.165, 1.54) is 0 Å². The van der Waals surface area contributed by atoms with Crippen molar-refractivity contribution < 1.29 is 12.9 Å². The van der Waals surface area contributed by atoms with Crippen LogP contribution >= 0.6 is 0 Å². The summed E-state index contributed by atoms with van der Waals surface area (Å²) >= 11 is -2.36. The molecular formula is C16H13NO3S. The number of hydrogen-bond donors (Lipinski definition) is 2. The largest absolute Gasteiger partial charge is 0.379 e. The van der Waals surface area contributed by atoms with Crippen molar-refractivity contribution in [2.24, 2.45) is 0 Å². The number of hydrogen-bond acceptors (Lipinski definition) is 3. The van der Waals surface area contributed by atoms with E-state index in [1.807, 2.05) is 54.6 Å². The maximum atomic E-state index is 11.0. The third-order valence-corrected chi connectivity index (χ3v) is 3.40. The fourth-order valence-electron chi connectivity index (χ4n) is 2.23. The lowest BCUT2D eigenvalue weighted by atomic mass is 10.1. The van der Waals surface area contributed by atoms with Crippen LogP contribution in [0.3, 0.4) is 0 Å². The SMILES string of the molecule is O=S(O)Oc1cccc2cccc(Nc3ccccc3)c12. The molecule has 3 aromatic carbocycles. The highest BCUT2D eigenvalue weighted by atomic mass is 32.2. The molecule has 0 bridgehead atoms. The van der Waals surface area contributed by atoms with Crippen molar-refractivity contribution in [1.29, 1.82) is 0 Å². The average molecular weight is 299 g/mol. The van der Waals surface area contributed by atoms with Crippen molar-refractivity contribution in [3.8, 4) is 5.75 Å². The Morgan fingerprint density at radius 1 is 0.905 bits per heavy atom. The Bertz CT molecular complexity index is 785. The van der Waals surface area contributed by atoms with Gasteiger partial charge in [0.25, 0.3) is 0 Å². The predicted molar refractivity (Wildman–Crippen MR) is 85.1 cm³/mol. The van der Waals surface area contributed by atoms with E-state index >= 15 is 0 Å². The zero-order valence-electron chi connectivity index (χ0n) is 11.0. The van der Waals surface area contributed by atoms with Crippen molar-refractivity contribution in [2.45, 2.75) is 0 Å². The molecule has 0 aliphatic carbocycles. The average Bonchev–Trinajstić information content (AvgIpc) is 2.48. The van der Waals surface area contributed by atoms with Gasteiger partial charge >= 0.3 is 11.4 Å². The van der Waals surface area contributed by atoms with Crippen molar-refractivity contribution in [1.82, 2.24) is 0 Å². The van der Waals surface area contributed by atoms with Gasteiger partial charge in [0.1, 0.15) is 0 Å². The summed E-state index contributed by atoms with van der Waals surface area (Å²) in [6, 6.07) is 20.9. The third kappa shape index (κ3) is 3.04. The molecule has 2 N–H and O–H groups in total. The maximum Gasteiger partial charge on any atom is 0.357 e. The zero-order chi connectivity index (χ0) is 14.7. The molecular weight excluding hydrogens is 286 g/mol. The number of nitrogens with one attached hydrogen (secondary N) is 1. The van der Waals surface area contributed by atoms with Crippen LogP contribution < -0.4 is 9.50 Å². The van der Waals surface area contributed by atoms with Crippen molar-refractivity contribution in [3.05, 3.63) is 66.7 Å². The molecule has 0 aliphatic rings. The first-order valence-corrected chi connectivity index (χ1v) is 7.40. The molecule has 0 aliphatic heterocycles. The Morgan fingerprint density at radius 2 is 1.62 bits per heavy atom. The minimum absolute atomic E-state index is 0.368. The van der Waals surface area contributed by atoms with Gasteiger partial charge in [-0.2, -0.15) is 4.21 Å². The van der Waals surface area contributed by atoms with Crippen molar-refractivity contribution in [2.75, 3.05) is 5.32 Å². The lowest BCUT2D eigenvalue weighted by Crippen LogP contribution is -1.99. The minimum atomic E-state index is -2.36. The first-order valence-electron chi connectivity index (χ1n) is 6.37. The summed E-state index contributed by atoms with van der Waals surface area (Å²) in [5.74, 6) is 0.368. The molecule has 0 spiro atoms.